The van der Waals surface area contributed by atoms with Crippen LogP contribution in [0.4, 0.5) is 0 Å². The Morgan fingerprint density at radius 2 is 2.14 bits per heavy atom. The number of carbonyl (C=O) groups excluding carboxylic acids is 1. The average molecular weight is 198 g/mol. The third-order valence-corrected chi connectivity index (χ3v) is 3.34. The van der Waals surface area contributed by atoms with E-state index in [9.17, 15) is 4.79 Å². The fraction of sp³-hybridized carbons (Fsp3) is 0.900. The van der Waals surface area contributed by atoms with Crippen LogP contribution in [0.1, 0.15) is 19.8 Å². The van der Waals surface area contributed by atoms with Crippen LogP contribution in [-0.2, 0) is 9.53 Å². The van der Waals surface area contributed by atoms with Gasteiger partial charge >= 0.3 is 0 Å². The molecule has 0 aromatic heterocycles. The Hall–Kier alpha value is -0.610. The molecule has 2 fully saturated rings. The van der Waals surface area contributed by atoms with Crippen LogP contribution < -0.4 is 5.32 Å². The van der Waals surface area contributed by atoms with Gasteiger partial charge < -0.3 is 15.0 Å². The normalized spacial score (nSPS) is 26.5. The van der Waals surface area contributed by atoms with E-state index in [-0.39, 0.29) is 11.4 Å². The lowest BCUT2D eigenvalue weighted by Crippen LogP contribution is -2.64. The lowest BCUT2D eigenvalue weighted by Gasteiger charge is -2.49. The molecule has 0 aliphatic carbocycles. The largest absolute Gasteiger partial charge is 0.381 e. The maximum absolute atomic E-state index is 11.5. The van der Waals surface area contributed by atoms with Crippen molar-refractivity contribution >= 4 is 5.91 Å². The second-order valence-electron chi connectivity index (χ2n) is 4.18. The fourth-order valence-electron chi connectivity index (χ4n) is 2.53. The number of hydrogen-bond donors (Lipinski definition) is 1. The summed E-state index contributed by atoms with van der Waals surface area (Å²) in [5, 5.41) is 3.38. The van der Waals surface area contributed by atoms with Crippen molar-refractivity contribution in [1.29, 1.82) is 0 Å². The molecule has 2 aliphatic heterocycles. The van der Waals surface area contributed by atoms with E-state index in [1.54, 1.807) is 6.92 Å². The summed E-state index contributed by atoms with van der Waals surface area (Å²) in [6, 6.07) is 0. The summed E-state index contributed by atoms with van der Waals surface area (Å²) in [6.07, 6.45) is 1.94. The van der Waals surface area contributed by atoms with Crippen LogP contribution in [0.2, 0.25) is 0 Å². The molecular weight excluding hydrogens is 180 g/mol. The molecular formula is C10H18N2O2. The highest BCUT2D eigenvalue weighted by atomic mass is 16.5. The summed E-state index contributed by atoms with van der Waals surface area (Å²) in [4.78, 5) is 13.6. The van der Waals surface area contributed by atoms with E-state index in [1.165, 1.54) is 0 Å². The molecule has 1 N–H and O–H groups in total. The summed E-state index contributed by atoms with van der Waals surface area (Å²) in [7, 11) is 0. The average Bonchev–Trinajstić information content (AvgIpc) is 2.19. The minimum absolute atomic E-state index is 0.0440. The molecule has 2 aliphatic rings. The highest BCUT2D eigenvalue weighted by Gasteiger charge is 2.41. The summed E-state index contributed by atoms with van der Waals surface area (Å²) < 4.78 is 5.36. The van der Waals surface area contributed by atoms with Crippen LogP contribution in [0.25, 0.3) is 0 Å². The quantitative estimate of drug-likeness (QED) is 0.595. The van der Waals surface area contributed by atoms with Crippen LogP contribution >= 0.6 is 0 Å². The molecule has 4 nitrogen and oxygen atoms in total. The van der Waals surface area contributed by atoms with Crippen molar-refractivity contribution in [1.82, 2.24) is 10.2 Å². The van der Waals surface area contributed by atoms with E-state index in [1.807, 2.05) is 4.90 Å². The van der Waals surface area contributed by atoms with Crippen molar-refractivity contribution in [3.05, 3.63) is 0 Å². The molecule has 0 aromatic rings. The van der Waals surface area contributed by atoms with Gasteiger partial charge in [-0.25, -0.2) is 0 Å². The second-order valence-corrected chi connectivity index (χ2v) is 4.18. The van der Waals surface area contributed by atoms with E-state index >= 15 is 0 Å². The van der Waals surface area contributed by atoms with Gasteiger partial charge in [0.25, 0.3) is 0 Å². The van der Waals surface area contributed by atoms with Crippen molar-refractivity contribution in [3.8, 4) is 0 Å². The van der Waals surface area contributed by atoms with E-state index in [0.29, 0.717) is 0 Å². The molecule has 2 rings (SSSR count). The topological polar surface area (TPSA) is 41.6 Å². The molecule has 14 heavy (non-hydrogen) atoms. The Balaban J connectivity index is 2.14. The van der Waals surface area contributed by atoms with E-state index < -0.39 is 0 Å². The Morgan fingerprint density at radius 3 is 2.79 bits per heavy atom. The van der Waals surface area contributed by atoms with Crippen LogP contribution in [0.15, 0.2) is 0 Å². The molecule has 4 heteroatoms. The molecule has 0 saturated carbocycles. The van der Waals surface area contributed by atoms with Gasteiger partial charge in [0.05, 0.1) is 5.54 Å². The molecule has 80 valence electrons. The molecule has 1 spiro atoms. The van der Waals surface area contributed by atoms with Crippen LogP contribution in [-0.4, -0.2) is 49.2 Å². The van der Waals surface area contributed by atoms with E-state index in [2.05, 4.69) is 5.32 Å². The number of rotatable bonds is 0. The SMILES string of the molecule is CC(=O)N1CCNCC12CCOCC2. The van der Waals surface area contributed by atoms with Crippen molar-refractivity contribution in [2.75, 3.05) is 32.8 Å². The fourth-order valence-corrected chi connectivity index (χ4v) is 2.53. The van der Waals surface area contributed by atoms with Crippen molar-refractivity contribution < 1.29 is 9.53 Å². The van der Waals surface area contributed by atoms with Crippen LogP contribution in [0.5, 0.6) is 0 Å². The summed E-state index contributed by atoms with van der Waals surface area (Å²) in [6.45, 7) is 5.92. The predicted octanol–water partition coefficient (Wildman–Crippen LogP) is -0.0127. The first-order valence-corrected chi connectivity index (χ1v) is 5.31. The molecule has 0 atom stereocenters. The summed E-state index contributed by atoms with van der Waals surface area (Å²) >= 11 is 0. The highest BCUT2D eigenvalue weighted by molar-refractivity contribution is 5.74. The molecule has 0 aromatic carbocycles. The molecule has 1 amide bonds. The molecule has 0 radical (unpaired) electrons. The van der Waals surface area contributed by atoms with Gasteiger partial charge in [0, 0.05) is 39.8 Å². The molecule has 0 unspecified atom stereocenters. The minimum Gasteiger partial charge on any atom is -0.381 e. The van der Waals surface area contributed by atoms with Gasteiger partial charge in [0.1, 0.15) is 0 Å². The lowest BCUT2D eigenvalue weighted by atomic mass is 9.86. The van der Waals surface area contributed by atoms with Gasteiger partial charge in [-0.05, 0) is 12.8 Å². The van der Waals surface area contributed by atoms with Crippen LogP contribution in [0, 0.1) is 0 Å². The Labute approximate surface area is 84.6 Å². The number of amides is 1. The minimum atomic E-state index is 0.0440. The maximum Gasteiger partial charge on any atom is 0.219 e. The predicted molar refractivity (Wildman–Crippen MR) is 53.0 cm³/mol. The van der Waals surface area contributed by atoms with Gasteiger partial charge in [-0.1, -0.05) is 0 Å². The van der Waals surface area contributed by atoms with Gasteiger partial charge in [0.2, 0.25) is 5.91 Å². The van der Waals surface area contributed by atoms with Gasteiger partial charge in [-0.3, -0.25) is 4.79 Å². The number of carbonyl (C=O) groups is 1. The smallest absolute Gasteiger partial charge is 0.219 e. The number of piperazine rings is 1. The number of hydrogen-bond acceptors (Lipinski definition) is 3. The third-order valence-electron chi connectivity index (χ3n) is 3.34. The van der Waals surface area contributed by atoms with Crippen molar-refractivity contribution in [2.45, 2.75) is 25.3 Å². The first kappa shape index (κ1) is 9.93. The molecule has 2 heterocycles. The van der Waals surface area contributed by atoms with Gasteiger partial charge in [0.15, 0.2) is 0 Å². The zero-order valence-electron chi connectivity index (χ0n) is 8.71. The van der Waals surface area contributed by atoms with Crippen molar-refractivity contribution in [3.63, 3.8) is 0 Å². The number of nitrogens with zero attached hydrogens (tertiary/aromatic N) is 1. The highest BCUT2D eigenvalue weighted by Crippen LogP contribution is 2.29. The summed E-state index contributed by atoms with van der Waals surface area (Å²) in [5.41, 5.74) is 0.0440. The second kappa shape index (κ2) is 3.87. The van der Waals surface area contributed by atoms with Gasteiger partial charge in [-0.2, -0.15) is 0 Å². The number of nitrogens with one attached hydrogen (secondary N) is 1. The van der Waals surface area contributed by atoms with E-state index in [0.717, 1.165) is 45.7 Å². The standard InChI is InChI=1S/C10H18N2O2/c1-9(13)12-5-4-11-8-10(12)2-6-14-7-3-10/h11H,2-8H2,1H3. The van der Waals surface area contributed by atoms with E-state index in [4.69, 9.17) is 4.74 Å². The van der Waals surface area contributed by atoms with Crippen molar-refractivity contribution in [2.24, 2.45) is 0 Å². The monoisotopic (exact) mass is 198 g/mol. The Kier molecular flexibility index (Phi) is 2.74. The first-order chi connectivity index (χ1) is 6.75. The zero-order valence-corrected chi connectivity index (χ0v) is 8.71. The first-order valence-electron chi connectivity index (χ1n) is 5.31. The zero-order chi connectivity index (χ0) is 10.0. The Morgan fingerprint density at radius 1 is 1.43 bits per heavy atom. The summed E-state index contributed by atoms with van der Waals surface area (Å²) in [5.74, 6) is 0.202. The third kappa shape index (κ3) is 1.64. The molecule has 2 saturated heterocycles. The van der Waals surface area contributed by atoms with Gasteiger partial charge in [-0.15, -0.1) is 0 Å². The number of ether oxygens (including phenoxy) is 1. The lowest BCUT2D eigenvalue weighted by molar-refractivity contribution is -0.141. The molecule has 0 bridgehead atoms. The maximum atomic E-state index is 11.5. The Bertz CT molecular complexity index is 216. The van der Waals surface area contributed by atoms with Crippen LogP contribution in [0.3, 0.4) is 0 Å².